The lowest BCUT2D eigenvalue weighted by Crippen LogP contribution is -2.32. The fraction of sp³-hybridized carbons (Fsp3) is 0.0455. The van der Waals surface area contributed by atoms with Gasteiger partial charge in [-0.2, -0.15) is 0 Å². The zero-order valence-corrected chi connectivity index (χ0v) is 16.6. The van der Waals surface area contributed by atoms with Gasteiger partial charge in [-0.05, 0) is 72.3 Å². The molecular formula is C22H16BrN3O2. The topological polar surface area (TPSA) is 54.8 Å². The van der Waals surface area contributed by atoms with E-state index in [9.17, 15) is 4.79 Å². The van der Waals surface area contributed by atoms with Crippen molar-refractivity contribution >= 4 is 39.4 Å². The molecule has 1 aromatic heterocycles. The van der Waals surface area contributed by atoms with Gasteiger partial charge in [-0.25, -0.2) is 4.99 Å². The van der Waals surface area contributed by atoms with Crippen molar-refractivity contribution in [3.63, 3.8) is 0 Å². The Bertz CT molecular complexity index is 1060. The zero-order valence-electron chi connectivity index (χ0n) is 15.0. The number of benzene rings is 2. The van der Waals surface area contributed by atoms with Crippen LogP contribution in [-0.4, -0.2) is 23.8 Å². The van der Waals surface area contributed by atoms with Crippen LogP contribution in [0, 0.1) is 0 Å². The molecule has 0 aliphatic carbocycles. The number of nitrogens with zero attached hydrogens (tertiary/aromatic N) is 3. The summed E-state index contributed by atoms with van der Waals surface area (Å²) >= 11 is 3.44. The second-order valence-corrected chi connectivity index (χ2v) is 7.01. The number of aliphatic imine (C=N–C) groups is 1. The SMILES string of the molecule is COc1ccc(C2=N/C(=C/c3ccncc3)C(=O)N2c2ccc(Br)cc2)cc1. The van der Waals surface area contributed by atoms with Gasteiger partial charge >= 0.3 is 0 Å². The first kappa shape index (κ1) is 18.1. The second-order valence-electron chi connectivity index (χ2n) is 6.09. The molecule has 2 aromatic carbocycles. The highest BCUT2D eigenvalue weighted by molar-refractivity contribution is 9.10. The molecule has 138 valence electrons. The fourth-order valence-corrected chi connectivity index (χ4v) is 3.16. The Labute approximate surface area is 171 Å². The van der Waals surface area contributed by atoms with Crippen LogP contribution in [0.2, 0.25) is 0 Å². The molecule has 4 rings (SSSR count). The van der Waals surface area contributed by atoms with E-state index in [0.717, 1.165) is 27.0 Å². The number of carbonyl (C=O) groups is 1. The molecule has 0 saturated heterocycles. The number of rotatable bonds is 4. The minimum Gasteiger partial charge on any atom is -0.497 e. The number of pyridine rings is 1. The molecular weight excluding hydrogens is 418 g/mol. The summed E-state index contributed by atoms with van der Waals surface area (Å²) < 4.78 is 6.18. The number of halogens is 1. The minimum absolute atomic E-state index is 0.176. The van der Waals surface area contributed by atoms with Gasteiger partial charge in [0.2, 0.25) is 0 Å². The average molecular weight is 434 g/mol. The Kier molecular flexibility index (Phi) is 5.04. The zero-order chi connectivity index (χ0) is 19.5. The second kappa shape index (κ2) is 7.78. The van der Waals surface area contributed by atoms with E-state index in [0.29, 0.717) is 11.5 Å². The Morgan fingerprint density at radius 3 is 2.29 bits per heavy atom. The van der Waals surface area contributed by atoms with Gasteiger partial charge in [0.25, 0.3) is 5.91 Å². The van der Waals surface area contributed by atoms with E-state index >= 15 is 0 Å². The molecule has 0 atom stereocenters. The third-order valence-corrected chi connectivity index (χ3v) is 4.83. The Morgan fingerprint density at radius 2 is 1.64 bits per heavy atom. The van der Waals surface area contributed by atoms with Crippen LogP contribution in [0.4, 0.5) is 5.69 Å². The first-order chi connectivity index (χ1) is 13.7. The van der Waals surface area contributed by atoms with Gasteiger partial charge in [-0.15, -0.1) is 0 Å². The predicted molar refractivity (Wildman–Crippen MR) is 113 cm³/mol. The van der Waals surface area contributed by atoms with Crippen molar-refractivity contribution in [2.24, 2.45) is 4.99 Å². The summed E-state index contributed by atoms with van der Waals surface area (Å²) in [7, 11) is 1.62. The highest BCUT2D eigenvalue weighted by Crippen LogP contribution is 2.29. The van der Waals surface area contributed by atoms with Crippen molar-refractivity contribution in [1.29, 1.82) is 0 Å². The lowest BCUT2D eigenvalue weighted by Gasteiger charge is -2.18. The normalized spacial score (nSPS) is 15.1. The van der Waals surface area contributed by atoms with Crippen LogP contribution in [0.3, 0.4) is 0 Å². The third kappa shape index (κ3) is 3.59. The highest BCUT2D eigenvalue weighted by atomic mass is 79.9. The maximum Gasteiger partial charge on any atom is 0.282 e. The molecule has 0 fully saturated rings. The number of amidine groups is 1. The summed E-state index contributed by atoms with van der Waals surface area (Å²) in [6, 6.07) is 18.7. The van der Waals surface area contributed by atoms with Crippen LogP contribution < -0.4 is 9.64 Å². The Hall–Kier alpha value is -3.25. The van der Waals surface area contributed by atoms with E-state index in [1.54, 1.807) is 30.5 Å². The van der Waals surface area contributed by atoms with Crippen LogP contribution in [0.1, 0.15) is 11.1 Å². The van der Waals surface area contributed by atoms with Gasteiger partial charge in [0.05, 0.1) is 12.8 Å². The van der Waals surface area contributed by atoms with E-state index in [1.807, 2.05) is 60.7 Å². The van der Waals surface area contributed by atoms with Gasteiger partial charge in [0.1, 0.15) is 17.3 Å². The van der Waals surface area contributed by atoms with Crippen LogP contribution in [0.15, 0.2) is 88.2 Å². The molecule has 28 heavy (non-hydrogen) atoms. The summed E-state index contributed by atoms with van der Waals surface area (Å²) in [6.07, 6.45) is 5.14. The number of carbonyl (C=O) groups excluding carboxylic acids is 1. The smallest absolute Gasteiger partial charge is 0.282 e. The van der Waals surface area contributed by atoms with E-state index in [-0.39, 0.29) is 5.91 Å². The number of amides is 1. The first-order valence-corrected chi connectivity index (χ1v) is 9.40. The van der Waals surface area contributed by atoms with Crippen molar-refractivity contribution in [1.82, 2.24) is 4.98 Å². The third-order valence-electron chi connectivity index (χ3n) is 4.30. The maximum absolute atomic E-state index is 13.2. The molecule has 0 N–H and O–H groups in total. The molecule has 2 heterocycles. The van der Waals surface area contributed by atoms with Crippen LogP contribution in [0.5, 0.6) is 5.75 Å². The molecule has 0 saturated carbocycles. The summed E-state index contributed by atoms with van der Waals surface area (Å²) in [5, 5.41) is 0. The lowest BCUT2D eigenvalue weighted by atomic mass is 10.1. The highest BCUT2D eigenvalue weighted by Gasteiger charge is 2.32. The summed E-state index contributed by atoms with van der Waals surface area (Å²) in [5.41, 5.74) is 2.82. The molecule has 3 aromatic rings. The summed E-state index contributed by atoms with van der Waals surface area (Å²) in [6.45, 7) is 0. The van der Waals surface area contributed by atoms with Gasteiger partial charge < -0.3 is 4.74 Å². The van der Waals surface area contributed by atoms with Gasteiger partial charge in [0.15, 0.2) is 0 Å². The monoisotopic (exact) mass is 433 g/mol. The van der Waals surface area contributed by atoms with Crippen LogP contribution in [-0.2, 0) is 4.79 Å². The fourth-order valence-electron chi connectivity index (χ4n) is 2.90. The standard InChI is InChI=1S/C22H16BrN3O2/c1-28-19-8-2-16(3-9-19)21-25-20(14-15-10-12-24-13-11-15)22(27)26(21)18-6-4-17(23)5-7-18/h2-14H,1H3/b20-14+. The molecule has 1 amide bonds. The van der Waals surface area contributed by atoms with Crippen LogP contribution in [0.25, 0.3) is 6.08 Å². The Morgan fingerprint density at radius 1 is 0.964 bits per heavy atom. The van der Waals surface area contributed by atoms with Crippen LogP contribution >= 0.6 is 15.9 Å². The summed E-state index contributed by atoms with van der Waals surface area (Å²) in [5.74, 6) is 1.15. The maximum atomic E-state index is 13.2. The van der Waals surface area contributed by atoms with Crippen molar-refractivity contribution in [2.45, 2.75) is 0 Å². The van der Waals surface area contributed by atoms with Crippen molar-refractivity contribution in [3.8, 4) is 5.75 Å². The molecule has 6 heteroatoms. The molecule has 0 bridgehead atoms. The first-order valence-electron chi connectivity index (χ1n) is 8.60. The largest absolute Gasteiger partial charge is 0.497 e. The minimum atomic E-state index is -0.176. The number of anilines is 1. The molecule has 1 aliphatic heterocycles. The average Bonchev–Trinajstić information content (AvgIpc) is 3.05. The van der Waals surface area contributed by atoms with Crippen molar-refractivity contribution in [3.05, 3.63) is 94.4 Å². The van der Waals surface area contributed by atoms with Gasteiger partial charge in [0, 0.05) is 22.4 Å². The van der Waals surface area contributed by atoms with E-state index in [4.69, 9.17) is 4.74 Å². The molecule has 0 unspecified atom stereocenters. The van der Waals surface area contributed by atoms with Gasteiger partial charge in [-0.1, -0.05) is 15.9 Å². The van der Waals surface area contributed by atoms with Crippen molar-refractivity contribution < 1.29 is 9.53 Å². The quantitative estimate of drug-likeness (QED) is 0.560. The van der Waals surface area contributed by atoms with E-state index in [1.165, 1.54) is 0 Å². The number of ether oxygens (including phenoxy) is 1. The number of hydrogen-bond donors (Lipinski definition) is 0. The van der Waals surface area contributed by atoms with E-state index in [2.05, 4.69) is 25.9 Å². The molecule has 0 radical (unpaired) electrons. The van der Waals surface area contributed by atoms with Gasteiger partial charge in [-0.3, -0.25) is 14.7 Å². The molecule has 1 aliphatic rings. The predicted octanol–water partition coefficient (Wildman–Crippen LogP) is 4.69. The number of hydrogen-bond acceptors (Lipinski definition) is 4. The summed E-state index contributed by atoms with van der Waals surface area (Å²) in [4.78, 5) is 23.5. The Balaban J connectivity index is 1.80. The number of aromatic nitrogens is 1. The van der Waals surface area contributed by atoms with E-state index < -0.39 is 0 Å². The molecule has 0 spiro atoms. The number of methoxy groups -OCH3 is 1. The van der Waals surface area contributed by atoms with Crippen molar-refractivity contribution in [2.75, 3.05) is 12.0 Å². The lowest BCUT2D eigenvalue weighted by molar-refractivity contribution is -0.113. The molecule has 5 nitrogen and oxygen atoms in total.